The first-order valence-electron chi connectivity index (χ1n) is 10.0. The number of nitrogens with one attached hydrogen (secondary N) is 1. The van der Waals surface area contributed by atoms with Gasteiger partial charge in [0, 0.05) is 31.1 Å². The number of nitrogens with zero attached hydrogens (tertiary/aromatic N) is 2. The molecule has 1 aromatic carbocycles. The number of carbonyl (C=O) groups is 2. The van der Waals surface area contributed by atoms with Crippen molar-refractivity contribution in [2.24, 2.45) is 0 Å². The summed E-state index contributed by atoms with van der Waals surface area (Å²) < 4.78 is 0. The van der Waals surface area contributed by atoms with Gasteiger partial charge in [0.25, 0.3) is 0 Å². The van der Waals surface area contributed by atoms with Crippen LogP contribution in [0.25, 0.3) is 0 Å². The molecular weight excluding hydrogens is 342 g/mol. The van der Waals surface area contributed by atoms with Gasteiger partial charge in [-0.25, -0.2) is 4.79 Å². The van der Waals surface area contributed by atoms with Crippen molar-refractivity contribution in [2.45, 2.75) is 58.0 Å². The third-order valence-electron chi connectivity index (χ3n) is 5.58. The van der Waals surface area contributed by atoms with E-state index in [4.69, 9.17) is 5.11 Å². The maximum Gasteiger partial charge on any atom is 0.317 e. The standard InChI is InChI=1S/C21H33N3O3/c1-4-16(17-10-8-7-9-11-17)14-24(6-3)21(27)22-18-12-19(13-18)23(5-2)15-20(25)26/h7-11,16,18-19H,4-6,12-15H2,1-3H3,(H,22,27)(H,25,26). The molecule has 1 saturated carbocycles. The van der Waals surface area contributed by atoms with E-state index >= 15 is 0 Å². The molecule has 150 valence electrons. The van der Waals surface area contributed by atoms with Crippen molar-refractivity contribution >= 4 is 12.0 Å². The van der Waals surface area contributed by atoms with Crippen LogP contribution in [-0.4, -0.2) is 65.2 Å². The lowest BCUT2D eigenvalue weighted by molar-refractivity contribution is -0.139. The van der Waals surface area contributed by atoms with E-state index in [1.165, 1.54) is 5.56 Å². The van der Waals surface area contributed by atoms with E-state index in [0.717, 1.165) is 19.3 Å². The Bertz CT molecular complexity index is 602. The molecule has 0 aromatic heterocycles. The second kappa shape index (κ2) is 10.3. The number of benzene rings is 1. The van der Waals surface area contributed by atoms with Gasteiger partial charge in [0.15, 0.2) is 0 Å². The van der Waals surface area contributed by atoms with E-state index < -0.39 is 5.97 Å². The molecule has 1 aliphatic rings. The van der Waals surface area contributed by atoms with Gasteiger partial charge < -0.3 is 15.3 Å². The van der Waals surface area contributed by atoms with Crippen LogP contribution in [0.3, 0.4) is 0 Å². The van der Waals surface area contributed by atoms with Crippen molar-refractivity contribution in [1.29, 1.82) is 0 Å². The average Bonchev–Trinajstić information content (AvgIpc) is 2.64. The molecule has 0 aliphatic heterocycles. The van der Waals surface area contributed by atoms with Gasteiger partial charge in [-0.2, -0.15) is 0 Å². The zero-order valence-electron chi connectivity index (χ0n) is 16.7. The number of hydrogen-bond acceptors (Lipinski definition) is 3. The highest BCUT2D eigenvalue weighted by molar-refractivity contribution is 5.74. The van der Waals surface area contributed by atoms with E-state index in [9.17, 15) is 9.59 Å². The third kappa shape index (κ3) is 5.96. The highest BCUT2D eigenvalue weighted by Gasteiger charge is 2.35. The summed E-state index contributed by atoms with van der Waals surface area (Å²) in [5.41, 5.74) is 1.27. The summed E-state index contributed by atoms with van der Waals surface area (Å²) in [6, 6.07) is 10.7. The van der Waals surface area contributed by atoms with Gasteiger partial charge in [0.2, 0.25) is 0 Å². The average molecular weight is 376 g/mol. The number of rotatable bonds is 10. The lowest BCUT2D eigenvalue weighted by atomic mass is 9.85. The van der Waals surface area contributed by atoms with Gasteiger partial charge in [-0.15, -0.1) is 0 Å². The predicted molar refractivity (Wildman–Crippen MR) is 107 cm³/mol. The first-order valence-corrected chi connectivity index (χ1v) is 10.0. The van der Waals surface area contributed by atoms with Gasteiger partial charge in [-0.1, -0.05) is 44.2 Å². The molecule has 0 saturated heterocycles. The maximum atomic E-state index is 12.7. The van der Waals surface area contributed by atoms with Gasteiger partial charge >= 0.3 is 12.0 Å². The summed E-state index contributed by atoms with van der Waals surface area (Å²) in [4.78, 5) is 27.5. The fourth-order valence-corrected chi connectivity index (χ4v) is 3.76. The molecule has 6 nitrogen and oxygen atoms in total. The monoisotopic (exact) mass is 375 g/mol. The van der Waals surface area contributed by atoms with Crippen LogP contribution in [0.15, 0.2) is 30.3 Å². The van der Waals surface area contributed by atoms with E-state index in [1.807, 2.05) is 41.8 Å². The van der Waals surface area contributed by atoms with Crippen LogP contribution in [0.2, 0.25) is 0 Å². The highest BCUT2D eigenvalue weighted by Crippen LogP contribution is 2.26. The van der Waals surface area contributed by atoms with Crippen molar-refractivity contribution in [1.82, 2.24) is 15.1 Å². The van der Waals surface area contributed by atoms with Crippen molar-refractivity contribution in [2.75, 3.05) is 26.2 Å². The summed E-state index contributed by atoms with van der Waals surface area (Å²) in [5.74, 6) is -0.467. The molecule has 0 radical (unpaired) electrons. The fraction of sp³-hybridized carbons (Fsp3) is 0.619. The first-order chi connectivity index (χ1) is 13.0. The van der Waals surface area contributed by atoms with Gasteiger partial charge in [-0.3, -0.25) is 9.69 Å². The minimum atomic E-state index is -0.798. The van der Waals surface area contributed by atoms with Crippen molar-refractivity contribution in [3.8, 4) is 0 Å². The molecule has 2 amide bonds. The lowest BCUT2D eigenvalue weighted by Crippen LogP contribution is -2.57. The Morgan fingerprint density at radius 1 is 1.15 bits per heavy atom. The van der Waals surface area contributed by atoms with Crippen LogP contribution in [0, 0.1) is 0 Å². The molecule has 0 bridgehead atoms. The number of likely N-dealkylation sites (N-methyl/N-ethyl adjacent to an activating group) is 2. The van der Waals surface area contributed by atoms with Crippen molar-refractivity contribution < 1.29 is 14.7 Å². The number of urea groups is 1. The Balaban J connectivity index is 1.84. The second-order valence-electron chi connectivity index (χ2n) is 7.28. The number of carbonyl (C=O) groups excluding carboxylic acids is 1. The minimum absolute atomic E-state index is 0.0170. The Kier molecular flexibility index (Phi) is 8.10. The van der Waals surface area contributed by atoms with Crippen LogP contribution in [0.1, 0.15) is 51.5 Å². The SMILES string of the molecule is CCC(CN(CC)C(=O)NC1CC(N(CC)CC(=O)O)C1)c1ccccc1. The van der Waals surface area contributed by atoms with Crippen LogP contribution in [-0.2, 0) is 4.79 Å². The quantitative estimate of drug-likeness (QED) is 0.659. The Morgan fingerprint density at radius 3 is 2.33 bits per heavy atom. The van der Waals surface area contributed by atoms with Crippen molar-refractivity contribution in [3.63, 3.8) is 0 Å². The largest absolute Gasteiger partial charge is 0.480 e. The first kappa shape index (κ1) is 21.2. The smallest absolute Gasteiger partial charge is 0.317 e. The lowest BCUT2D eigenvalue weighted by Gasteiger charge is -2.43. The molecule has 6 heteroatoms. The summed E-state index contributed by atoms with van der Waals surface area (Å²) in [5, 5.41) is 12.1. The summed E-state index contributed by atoms with van der Waals surface area (Å²) >= 11 is 0. The van der Waals surface area contributed by atoms with Gasteiger partial charge in [0.1, 0.15) is 0 Å². The topological polar surface area (TPSA) is 72.9 Å². The molecule has 2 rings (SSSR count). The molecule has 1 aromatic rings. The highest BCUT2D eigenvalue weighted by atomic mass is 16.4. The summed E-state index contributed by atoms with van der Waals surface area (Å²) in [6.07, 6.45) is 2.63. The molecule has 1 fully saturated rings. The summed E-state index contributed by atoms with van der Waals surface area (Å²) in [6.45, 7) is 8.30. The van der Waals surface area contributed by atoms with Crippen LogP contribution in [0.5, 0.6) is 0 Å². The Hall–Kier alpha value is -2.08. The number of amides is 2. The molecule has 1 aliphatic carbocycles. The number of hydrogen-bond donors (Lipinski definition) is 2. The Labute approximate surface area is 162 Å². The van der Waals surface area contributed by atoms with E-state index in [-0.39, 0.29) is 24.7 Å². The van der Waals surface area contributed by atoms with Gasteiger partial charge in [0.05, 0.1) is 6.54 Å². The van der Waals surface area contributed by atoms with E-state index in [0.29, 0.717) is 25.6 Å². The normalized spacial score (nSPS) is 20.0. The molecule has 0 heterocycles. The molecule has 27 heavy (non-hydrogen) atoms. The van der Waals surface area contributed by atoms with Gasteiger partial charge in [-0.05, 0) is 38.3 Å². The fourth-order valence-electron chi connectivity index (χ4n) is 3.76. The summed E-state index contributed by atoms with van der Waals surface area (Å²) in [7, 11) is 0. The molecule has 1 atom stereocenters. The van der Waals surface area contributed by atoms with E-state index in [1.54, 1.807) is 0 Å². The van der Waals surface area contributed by atoms with Crippen LogP contribution >= 0.6 is 0 Å². The van der Waals surface area contributed by atoms with Crippen molar-refractivity contribution in [3.05, 3.63) is 35.9 Å². The second-order valence-corrected chi connectivity index (χ2v) is 7.28. The minimum Gasteiger partial charge on any atom is -0.480 e. The predicted octanol–water partition coefficient (Wildman–Crippen LogP) is 3.15. The molecule has 2 N–H and O–H groups in total. The van der Waals surface area contributed by atoms with Crippen LogP contribution < -0.4 is 5.32 Å². The third-order valence-corrected chi connectivity index (χ3v) is 5.58. The zero-order valence-corrected chi connectivity index (χ0v) is 16.7. The molecule has 0 spiro atoms. The van der Waals surface area contributed by atoms with Crippen LogP contribution in [0.4, 0.5) is 4.79 Å². The van der Waals surface area contributed by atoms with E-state index in [2.05, 4.69) is 24.4 Å². The number of carboxylic acid groups (broad SMARTS) is 1. The zero-order chi connectivity index (χ0) is 19.8. The number of aliphatic carboxylic acids is 1. The Morgan fingerprint density at radius 2 is 1.81 bits per heavy atom. The maximum absolute atomic E-state index is 12.7. The number of carboxylic acids is 1. The molecular formula is C21H33N3O3. The molecule has 1 unspecified atom stereocenters.